The molecule has 0 aliphatic carbocycles. The Balaban J connectivity index is 1.73. The molecule has 1 aromatic heterocycles. The summed E-state index contributed by atoms with van der Waals surface area (Å²) in [4.78, 5) is 19.7. The van der Waals surface area contributed by atoms with E-state index in [0.29, 0.717) is 19.5 Å². The molecular weight excluding hydrogens is 356 g/mol. The number of hydrogen-bond acceptors (Lipinski definition) is 3. The van der Waals surface area contributed by atoms with Crippen LogP contribution in [0.4, 0.5) is 0 Å². The molecule has 0 bridgehead atoms. The fourth-order valence-electron chi connectivity index (χ4n) is 2.70. The number of thiophene rings is 1. The molecule has 146 valence electrons. The van der Waals surface area contributed by atoms with Gasteiger partial charge < -0.3 is 15.5 Å². The second-order valence-corrected chi connectivity index (χ2v) is 8.15. The van der Waals surface area contributed by atoms with Crippen molar-refractivity contribution in [3.63, 3.8) is 0 Å². The Kier molecular flexibility index (Phi) is 7.85. The molecule has 0 aliphatic rings. The van der Waals surface area contributed by atoms with Gasteiger partial charge in [0.2, 0.25) is 5.91 Å². The van der Waals surface area contributed by atoms with Crippen molar-refractivity contribution in [2.45, 2.75) is 32.2 Å². The summed E-state index contributed by atoms with van der Waals surface area (Å²) in [5, 5.41) is 8.69. The Morgan fingerprint density at radius 2 is 1.89 bits per heavy atom. The standard InChI is InChI=1S/C21H30N4OS/c1-21(2,18-11-8-14-27-18)16-24-20(22-3)23-13-12-19(26)25(4)15-17-9-6-5-7-10-17/h5-11,14H,12-13,15-16H2,1-4H3,(H2,22,23,24). The van der Waals surface area contributed by atoms with Crippen LogP contribution in [0.25, 0.3) is 0 Å². The van der Waals surface area contributed by atoms with Crippen molar-refractivity contribution >= 4 is 23.2 Å². The van der Waals surface area contributed by atoms with Gasteiger partial charge in [-0.05, 0) is 17.0 Å². The first-order chi connectivity index (χ1) is 12.9. The van der Waals surface area contributed by atoms with Crippen molar-refractivity contribution in [3.05, 3.63) is 58.3 Å². The second-order valence-electron chi connectivity index (χ2n) is 7.20. The molecule has 6 heteroatoms. The normalized spacial score (nSPS) is 11.9. The first kappa shape index (κ1) is 21.0. The van der Waals surface area contributed by atoms with Gasteiger partial charge in [-0.15, -0.1) is 11.3 Å². The van der Waals surface area contributed by atoms with Crippen LogP contribution in [0.3, 0.4) is 0 Å². The Bertz CT molecular complexity index is 726. The van der Waals surface area contributed by atoms with Crippen LogP contribution in [0.15, 0.2) is 52.8 Å². The predicted octanol–water partition coefficient (Wildman–Crippen LogP) is 3.24. The third-order valence-corrected chi connectivity index (χ3v) is 5.67. The number of nitrogens with zero attached hydrogens (tertiary/aromatic N) is 2. The average molecular weight is 387 g/mol. The highest BCUT2D eigenvalue weighted by atomic mass is 32.1. The quantitative estimate of drug-likeness (QED) is 0.541. The zero-order chi connectivity index (χ0) is 19.7. The van der Waals surface area contributed by atoms with E-state index in [0.717, 1.165) is 18.1 Å². The van der Waals surface area contributed by atoms with Crippen LogP contribution in [0.5, 0.6) is 0 Å². The molecular formula is C21H30N4OS. The summed E-state index contributed by atoms with van der Waals surface area (Å²) in [6.45, 7) is 6.37. The number of carbonyl (C=O) groups is 1. The van der Waals surface area contributed by atoms with E-state index in [2.05, 4.69) is 47.0 Å². The van der Waals surface area contributed by atoms with Crippen molar-refractivity contribution in [1.29, 1.82) is 0 Å². The maximum Gasteiger partial charge on any atom is 0.224 e. The molecule has 2 rings (SSSR count). The molecule has 1 aromatic carbocycles. The van der Waals surface area contributed by atoms with Gasteiger partial charge in [0.25, 0.3) is 0 Å². The third-order valence-electron chi connectivity index (χ3n) is 4.43. The molecule has 0 saturated carbocycles. The molecule has 0 saturated heterocycles. The first-order valence-electron chi connectivity index (χ1n) is 9.19. The van der Waals surface area contributed by atoms with Crippen molar-refractivity contribution < 1.29 is 4.79 Å². The molecule has 0 spiro atoms. The molecule has 27 heavy (non-hydrogen) atoms. The SMILES string of the molecule is CN=C(NCCC(=O)N(C)Cc1ccccc1)NCC(C)(C)c1cccs1. The van der Waals surface area contributed by atoms with Crippen LogP contribution in [0, 0.1) is 0 Å². The van der Waals surface area contributed by atoms with E-state index in [1.54, 1.807) is 23.3 Å². The lowest BCUT2D eigenvalue weighted by atomic mass is 9.91. The highest BCUT2D eigenvalue weighted by Gasteiger charge is 2.22. The molecule has 1 amide bonds. The van der Waals surface area contributed by atoms with Gasteiger partial charge >= 0.3 is 0 Å². The number of amides is 1. The fraction of sp³-hybridized carbons (Fsp3) is 0.429. The van der Waals surface area contributed by atoms with E-state index >= 15 is 0 Å². The summed E-state index contributed by atoms with van der Waals surface area (Å²) in [5.74, 6) is 0.832. The first-order valence-corrected chi connectivity index (χ1v) is 10.1. The number of hydrogen-bond donors (Lipinski definition) is 2. The predicted molar refractivity (Wildman–Crippen MR) is 114 cm³/mol. The van der Waals surface area contributed by atoms with Crippen molar-refractivity contribution in [2.75, 3.05) is 27.2 Å². The van der Waals surface area contributed by atoms with E-state index in [9.17, 15) is 4.79 Å². The third kappa shape index (κ3) is 6.71. The lowest BCUT2D eigenvalue weighted by Crippen LogP contribution is -2.44. The Morgan fingerprint density at radius 3 is 2.52 bits per heavy atom. The van der Waals surface area contributed by atoms with E-state index in [1.165, 1.54) is 4.88 Å². The Morgan fingerprint density at radius 1 is 1.15 bits per heavy atom. The minimum Gasteiger partial charge on any atom is -0.356 e. The van der Waals surface area contributed by atoms with E-state index < -0.39 is 0 Å². The van der Waals surface area contributed by atoms with Crippen LogP contribution in [0.1, 0.15) is 30.7 Å². The number of rotatable bonds is 8. The van der Waals surface area contributed by atoms with Gasteiger partial charge in [0.1, 0.15) is 0 Å². The number of aliphatic imine (C=N–C) groups is 1. The van der Waals surface area contributed by atoms with Gasteiger partial charge in [0.15, 0.2) is 5.96 Å². The average Bonchev–Trinajstić information content (AvgIpc) is 3.21. The lowest BCUT2D eigenvalue weighted by molar-refractivity contribution is -0.130. The van der Waals surface area contributed by atoms with Crippen molar-refractivity contribution in [2.24, 2.45) is 4.99 Å². The van der Waals surface area contributed by atoms with Gasteiger partial charge in [-0.3, -0.25) is 9.79 Å². The van der Waals surface area contributed by atoms with Gasteiger partial charge in [0, 0.05) is 50.4 Å². The highest BCUT2D eigenvalue weighted by molar-refractivity contribution is 7.10. The minimum absolute atomic E-state index is 0.0253. The highest BCUT2D eigenvalue weighted by Crippen LogP contribution is 2.26. The zero-order valence-electron chi connectivity index (χ0n) is 16.7. The van der Waals surface area contributed by atoms with Crippen LogP contribution in [-0.4, -0.2) is 44.0 Å². The summed E-state index contributed by atoms with van der Waals surface area (Å²) in [7, 11) is 3.59. The molecule has 2 aromatic rings. The van der Waals surface area contributed by atoms with Gasteiger partial charge in [-0.1, -0.05) is 50.2 Å². The summed E-state index contributed by atoms with van der Waals surface area (Å²) in [6, 6.07) is 14.3. The van der Waals surface area contributed by atoms with Crippen LogP contribution in [0.2, 0.25) is 0 Å². The molecule has 0 atom stereocenters. The van der Waals surface area contributed by atoms with E-state index in [4.69, 9.17) is 0 Å². The minimum atomic E-state index is 0.0253. The summed E-state index contributed by atoms with van der Waals surface area (Å²) < 4.78 is 0. The smallest absolute Gasteiger partial charge is 0.224 e. The largest absolute Gasteiger partial charge is 0.356 e. The van der Waals surface area contributed by atoms with Crippen LogP contribution < -0.4 is 10.6 Å². The Labute approximate surface area is 166 Å². The topological polar surface area (TPSA) is 56.7 Å². The van der Waals surface area contributed by atoms with Gasteiger partial charge in [-0.2, -0.15) is 0 Å². The van der Waals surface area contributed by atoms with E-state index in [-0.39, 0.29) is 11.3 Å². The number of guanidine groups is 1. The Hall–Kier alpha value is -2.34. The number of carbonyl (C=O) groups excluding carboxylic acids is 1. The number of nitrogens with one attached hydrogen (secondary N) is 2. The maximum absolute atomic E-state index is 12.3. The van der Waals surface area contributed by atoms with Gasteiger partial charge in [0.05, 0.1) is 0 Å². The van der Waals surface area contributed by atoms with Crippen molar-refractivity contribution in [1.82, 2.24) is 15.5 Å². The molecule has 1 heterocycles. The summed E-state index contributed by atoms with van der Waals surface area (Å²) >= 11 is 1.76. The van der Waals surface area contributed by atoms with E-state index in [1.807, 2.05) is 37.4 Å². The van der Waals surface area contributed by atoms with Gasteiger partial charge in [-0.25, -0.2) is 0 Å². The van der Waals surface area contributed by atoms with Crippen LogP contribution >= 0.6 is 11.3 Å². The van der Waals surface area contributed by atoms with Crippen LogP contribution in [-0.2, 0) is 16.8 Å². The molecule has 0 radical (unpaired) electrons. The summed E-state index contributed by atoms with van der Waals surface area (Å²) in [5.41, 5.74) is 1.16. The molecule has 0 aliphatic heterocycles. The zero-order valence-corrected chi connectivity index (χ0v) is 17.5. The number of benzene rings is 1. The maximum atomic E-state index is 12.3. The van der Waals surface area contributed by atoms with Crippen molar-refractivity contribution in [3.8, 4) is 0 Å². The monoisotopic (exact) mass is 386 g/mol. The second kappa shape index (κ2) is 10.1. The summed E-state index contributed by atoms with van der Waals surface area (Å²) in [6.07, 6.45) is 0.429. The molecule has 0 unspecified atom stereocenters. The molecule has 2 N–H and O–H groups in total. The fourth-order valence-corrected chi connectivity index (χ4v) is 3.55. The molecule has 0 fully saturated rings. The lowest BCUT2D eigenvalue weighted by Gasteiger charge is -2.25. The molecule has 5 nitrogen and oxygen atoms in total.